The highest BCUT2D eigenvalue weighted by Gasteiger charge is 2.44. The van der Waals surface area contributed by atoms with E-state index >= 15 is 0 Å². The lowest BCUT2D eigenvalue weighted by Crippen LogP contribution is -2.35. The van der Waals surface area contributed by atoms with Gasteiger partial charge in [0.05, 0.1) is 10.0 Å². The molecule has 3 nitrogen and oxygen atoms in total. The molecule has 1 saturated carbocycles. The second kappa shape index (κ2) is 6.81. The van der Waals surface area contributed by atoms with Crippen molar-refractivity contribution in [2.75, 3.05) is 13.2 Å². The molecule has 0 spiro atoms. The van der Waals surface area contributed by atoms with Crippen LogP contribution in [0.1, 0.15) is 18.4 Å². The summed E-state index contributed by atoms with van der Waals surface area (Å²) in [6, 6.07) is 15.2. The summed E-state index contributed by atoms with van der Waals surface area (Å²) in [5.41, 5.74) is 1.38. The van der Waals surface area contributed by atoms with Gasteiger partial charge < -0.3 is 10.1 Å². The van der Waals surface area contributed by atoms with Crippen LogP contribution in [0.3, 0.4) is 0 Å². The van der Waals surface area contributed by atoms with Gasteiger partial charge in [0.2, 0.25) is 0 Å². The van der Waals surface area contributed by atoms with E-state index < -0.39 is 0 Å². The number of hydrogen-bond acceptors (Lipinski definition) is 2. The molecule has 1 fully saturated rings. The van der Waals surface area contributed by atoms with Crippen LogP contribution >= 0.6 is 23.2 Å². The molecular weight excluding hydrogens is 333 g/mol. The predicted molar refractivity (Wildman–Crippen MR) is 92.3 cm³/mol. The third kappa shape index (κ3) is 3.98. The van der Waals surface area contributed by atoms with Gasteiger partial charge in [-0.1, -0.05) is 53.5 Å². The van der Waals surface area contributed by atoms with E-state index in [1.54, 1.807) is 18.2 Å². The van der Waals surface area contributed by atoms with Crippen molar-refractivity contribution in [1.82, 2.24) is 5.32 Å². The summed E-state index contributed by atoms with van der Waals surface area (Å²) >= 11 is 11.8. The summed E-state index contributed by atoms with van der Waals surface area (Å²) in [5, 5.41) is 3.83. The molecule has 0 radical (unpaired) electrons. The van der Waals surface area contributed by atoms with Crippen LogP contribution in [0.25, 0.3) is 0 Å². The molecule has 5 heteroatoms. The van der Waals surface area contributed by atoms with Crippen molar-refractivity contribution >= 4 is 29.1 Å². The minimum absolute atomic E-state index is 0.0389. The molecule has 0 aromatic heterocycles. The standard InChI is InChI=1S/C18H17Cl2NO2/c19-15-7-6-14(10-16(15)20)23-11-17(22)21-12-18(8-9-18)13-4-2-1-3-5-13/h1-7,10H,8-9,11-12H2,(H,21,22). The maximum absolute atomic E-state index is 12.0. The quantitative estimate of drug-likeness (QED) is 0.847. The Hall–Kier alpha value is -1.71. The maximum Gasteiger partial charge on any atom is 0.257 e. The summed E-state index contributed by atoms with van der Waals surface area (Å²) < 4.78 is 5.44. The smallest absolute Gasteiger partial charge is 0.257 e. The van der Waals surface area contributed by atoms with Crippen LogP contribution in [0.5, 0.6) is 5.75 Å². The lowest BCUT2D eigenvalue weighted by molar-refractivity contribution is -0.123. The molecule has 0 heterocycles. The van der Waals surface area contributed by atoms with Gasteiger partial charge in [0.15, 0.2) is 6.61 Å². The molecule has 0 bridgehead atoms. The van der Waals surface area contributed by atoms with Crippen LogP contribution < -0.4 is 10.1 Å². The zero-order chi connectivity index (χ0) is 16.3. The topological polar surface area (TPSA) is 38.3 Å². The molecule has 2 aromatic rings. The van der Waals surface area contributed by atoms with Crippen molar-refractivity contribution in [2.24, 2.45) is 0 Å². The van der Waals surface area contributed by atoms with Gasteiger partial charge in [-0.3, -0.25) is 4.79 Å². The lowest BCUT2D eigenvalue weighted by atomic mass is 9.96. The average Bonchev–Trinajstić information content (AvgIpc) is 3.36. The average molecular weight is 350 g/mol. The molecule has 120 valence electrons. The first-order valence-electron chi connectivity index (χ1n) is 7.49. The Kier molecular flexibility index (Phi) is 4.79. The summed E-state index contributed by atoms with van der Waals surface area (Å²) in [5.74, 6) is 0.386. The number of amides is 1. The van der Waals surface area contributed by atoms with Crippen molar-refractivity contribution in [3.8, 4) is 5.75 Å². The van der Waals surface area contributed by atoms with E-state index in [-0.39, 0.29) is 17.9 Å². The van der Waals surface area contributed by atoms with E-state index in [4.69, 9.17) is 27.9 Å². The Morgan fingerprint density at radius 1 is 1.09 bits per heavy atom. The maximum atomic E-state index is 12.0. The highest BCUT2D eigenvalue weighted by molar-refractivity contribution is 6.42. The van der Waals surface area contributed by atoms with E-state index in [0.29, 0.717) is 22.3 Å². The third-order valence-corrected chi connectivity index (χ3v) is 4.86. The second-order valence-electron chi connectivity index (χ2n) is 5.79. The van der Waals surface area contributed by atoms with E-state index in [1.807, 2.05) is 18.2 Å². The fourth-order valence-electron chi connectivity index (χ4n) is 2.54. The van der Waals surface area contributed by atoms with Gasteiger partial charge in [0.1, 0.15) is 5.75 Å². The number of rotatable bonds is 6. The van der Waals surface area contributed by atoms with Gasteiger partial charge in [-0.2, -0.15) is 0 Å². The molecule has 1 aliphatic carbocycles. The van der Waals surface area contributed by atoms with Gasteiger partial charge in [-0.15, -0.1) is 0 Å². The van der Waals surface area contributed by atoms with Gasteiger partial charge in [-0.05, 0) is 30.5 Å². The molecule has 23 heavy (non-hydrogen) atoms. The highest BCUT2D eigenvalue weighted by Crippen LogP contribution is 2.47. The highest BCUT2D eigenvalue weighted by atomic mass is 35.5. The Morgan fingerprint density at radius 3 is 2.48 bits per heavy atom. The van der Waals surface area contributed by atoms with E-state index in [9.17, 15) is 4.79 Å². The number of carbonyl (C=O) groups excluding carboxylic acids is 1. The van der Waals surface area contributed by atoms with Crippen LogP contribution in [-0.2, 0) is 10.2 Å². The SMILES string of the molecule is O=C(COc1ccc(Cl)c(Cl)c1)NCC1(c2ccccc2)CC1. The van der Waals surface area contributed by atoms with Gasteiger partial charge in [-0.25, -0.2) is 0 Å². The number of carbonyl (C=O) groups is 1. The monoisotopic (exact) mass is 349 g/mol. The molecule has 1 aliphatic rings. The first-order valence-corrected chi connectivity index (χ1v) is 8.25. The van der Waals surface area contributed by atoms with Crippen molar-refractivity contribution in [3.05, 3.63) is 64.1 Å². The molecule has 0 saturated heterocycles. The van der Waals surface area contributed by atoms with Gasteiger partial charge >= 0.3 is 0 Å². The van der Waals surface area contributed by atoms with Crippen molar-refractivity contribution in [2.45, 2.75) is 18.3 Å². The van der Waals surface area contributed by atoms with Crippen LogP contribution in [-0.4, -0.2) is 19.1 Å². The molecule has 3 rings (SSSR count). The number of halogens is 2. The fraction of sp³-hybridized carbons (Fsp3) is 0.278. The Labute approximate surface area is 145 Å². The Bertz CT molecular complexity index is 699. The Morgan fingerprint density at radius 2 is 1.83 bits per heavy atom. The number of ether oxygens (including phenoxy) is 1. The zero-order valence-electron chi connectivity index (χ0n) is 12.5. The minimum Gasteiger partial charge on any atom is -0.484 e. The van der Waals surface area contributed by atoms with Crippen LogP contribution in [0.2, 0.25) is 10.0 Å². The van der Waals surface area contributed by atoms with Crippen molar-refractivity contribution in [1.29, 1.82) is 0 Å². The number of nitrogens with one attached hydrogen (secondary N) is 1. The molecule has 1 amide bonds. The normalized spacial score (nSPS) is 15.0. The van der Waals surface area contributed by atoms with E-state index in [2.05, 4.69) is 17.4 Å². The first kappa shape index (κ1) is 16.2. The summed E-state index contributed by atoms with van der Waals surface area (Å²) in [7, 11) is 0. The molecular formula is C18H17Cl2NO2. The third-order valence-electron chi connectivity index (χ3n) is 4.12. The zero-order valence-corrected chi connectivity index (χ0v) is 14.0. The summed E-state index contributed by atoms with van der Waals surface area (Å²) in [6.07, 6.45) is 2.20. The largest absolute Gasteiger partial charge is 0.484 e. The van der Waals surface area contributed by atoms with Crippen LogP contribution in [0.4, 0.5) is 0 Å². The first-order chi connectivity index (χ1) is 11.1. The van der Waals surface area contributed by atoms with Gasteiger partial charge in [0.25, 0.3) is 5.91 Å². The van der Waals surface area contributed by atoms with Crippen molar-refractivity contribution < 1.29 is 9.53 Å². The molecule has 1 N–H and O–H groups in total. The van der Waals surface area contributed by atoms with Crippen LogP contribution in [0, 0.1) is 0 Å². The minimum atomic E-state index is -0.140. The van der Waals surface area contributed by atoms with E-state index in [1.165, 1.54) is 5.56 Å². The lowest BCUT2D eigenvalue weighted by Gasteiger charge is -2.16. The Balaban J connectivity index is 1.49. The van der Waals surface area contributed by atoms with Crippen LogP contribution in [0.15, 0.2) is 48.5 Å². The fourth-order valence-corrected chi connectivity index (χ4v) is 2.83. The van der Waals surface area contributed by atoms with Crippen molar-refractivity contribution in [3.63, 3.8) is 0 Å². The summed E-state index contributed by atoms with van der Waals surface area (Å²) in [4.78, 5) is 12.0. The number of hydrogen-bond donors (Lipinski definition) is 1. The summed E-state index contributed by atoms with van der Waals surface area (Å²) in [6.45, 7) is 0.601. The number of benzene rings is 2. The van der Waals surface area contributed by atoms with Gasteiger partial charge in [0, 0.05) is 18.0 Å². The molecule has 2 aromatic carbocycles. The molecule has 0 aliphatic heterocycles. The second-order valence-corrected chi connectivity index (χ2v) is 6.60. The predicted octanol–water partition coefficient (Wildman–Crippen LogP) is 4.22. The van der Waals surface area contributed by atoms with E-state index in [0.717, 1.165) is 12.8 Å². The molecule has 0 unspecified atom stereocenters. The molecule has 0 atom stereocenters.